The van der Waals surface area contributed by atoms with Crippen LogP contribution in [0.3, 0.4) is 0 Å². The average molecular weight is 303 g/mol. The molecule has 1 aromatic rings. The van der Waals surface area contributed by atoms with Crippen molar-refractivity contribution in [2.75, 3.05) is 0 Å². The third-order valence-electron chi connectivity index (χ3n) is 4.28. The molecular weight excluding hydrogens is 278 g/mol. The van der Waals surface area contributed by atoms with Crippen molar-refractivity contribution in [1.29, 1.82) is 0 Å². The second-order valence-electron chi connectivity index (χ2n) is 7.31. The van der Waals surface area contributed by atoms with Crippen molar-refractivity contribution in [2.24, 2.45) is 7.05 Å². The quantitative estimate of drug-likeness (QED) is 0.799. The SMILES string of the molecule is Cn1ccc(C2=CC3CCCC(C2)N3C(=O)OC(C)(C)C)n1. The Morgan fingerprint density at radius 1 is 1.36 bits per heavy atom. The second-order valence-corrected chi connectivity index (χ2v) is 7.31. The number of rotatable bonds is 1. The van der Waals surface area contributed by atoms with E-state index in [0.29, 0.717) is 0 Å². The molecule has 22 heavy (non-hydrogen) atoms. The summed E-state index contributed by atoms with van der Waals surface area (Å²) in [4.78, 5) is 14.5. The number of piperidine rings is 1. The largest absolute Gasteiger partial charge is 0.444 e. The first-order chi connectivity index (χ1) is 10.3. The molecule has 0 aliphatic carbocycles. The summed E-state index contributed by atoms with van der Waals surface area (Å²) < 4.78 is 7.42. The molecule has 2 unspecified atom stereocenters. The number of nitrogens with zero attached hydrogens (tertiary/aromatic N) is 3. The van der Waals surface area contributed by atoms with E-state index in [9.17, 15) is 4.79 Å². The molecule has 1 aromatic heterocycles. The first-order valence-electron chi connectivity index (χ1n) is 8.05. The van der Waals surface area contributed by atoms with Gasteiger partial charge in [0.1, 0.15) is 5.60 Å². The molecule has 0 saturated carbocycles. The Balaban J connectivity index is 1.84. The lowest BCUT2D eigenvalue weighted by Gasteiger charge is -2.44. The molecule has 1 fully saturated rings. The van der Waals surface area contributed by atoms with Crippen molar-refractivity contribution in [1.82, 2.24) is 14.7 Å². The normalized spacial score (nSPS) is 24.9. The number of aromatic nitrogens is 2. The van der Waals surface area contributed by atoms with E-state index in [-0.39, 0.29) is 18.2 Å². The fraction of sp³-hybridized carbons (Fsp3) is 0.647. The van der Waals surface area contributed by atoms with E-state index >= 15 is 0 Å². The Morgan fingerprint density at radius 3 is 2.73 bits per heavy atom. The summed E-state index contributed by atoms with van der Waals surface area (Å²) in [5, 5.41) is 4.50. The molecule has 1 saturated heterocycles. The van der Waals surface area contributed by atoms with E-state index in [4.69, 9.17) is 4.74 Å². The smallest absolute Gasteiger partial charge is 0.411 e. The van der Waals surface area contributed by atoms with E-state index in [1.807, 2.05) is 49.7 Å². The molecule has 2 aliphatic heterocycles. The minimum atomic E-state index is -0.448. The van der Waals surface area contributed by atoms with Gasteiger partial charge in [-0.2, -0.15) is 5.10 Å². The summed E-state index contributed by atoms with van der Waals surface area (Å²) in [5.74, 6) is 0. The summed E-state index contributed by atoms with van der Waals surface area (Å²) in [5.41, 5.74) is 1.84. The Morgan fingerprint density at radius 2 is 2.14 bits per heavy atom. The molecule has 1 amide bonds. The van der Waals surface area contributed by atoms with Crippen LogP contribution in [0.5, 0.6) is 0 Å². The Kier molecular flexibility index (Phi) is 3.75. The van der Waals surface area contributed by atoms with E-state index in [1.165, 1.54) is 12.0 Å². The summed E-state index contributed by atoms with van der Waals surface area (Å²) in [6.07, 6.45) is 8.08. The predicted octanol–water partition coefficient (Wildman–Crippen LogP) is 3.37. The van der Waals surface area contributed by atoms with Crippen LogP contribution in [-0.2, 0) is 11.8 Å². The van der Waals surface area contributed by atoms with Gasteiger partial charge in [0.15, 0.2) is 0 Å². The zero-order chi connectivity index (χ0) is 15.9. The maximum absolute atomic E-state index is 12.5. The highest BCUT2D eigenvalue weighted by Gasteiger charge is 2.39. The number of hydrogen-bond donors (Lipinski definition) is 0. The Hall–Kier alpha value is -1.78. The van der Waals surface area contributed by atoms with Gasteiger partial charge in [-0.3, -0.25) is 9.58 Å². The number of carbonyl (C=O) groups excluding carboxylic acids is 1. The third kappa shape index (κ3) is 3.03. The van der Waals surface area contributed by atoms with Gasteiger partial charge >= 0.3 is 6.09 Å². The van der Waals surface area contributed by atoms with Crippen LogP contribution in [0.15, 0.2) is 18.3 Å². The number of hydrogen-bond acceptors (Lipinski definition) is 3. The van der Waals surface area contributed by atoms with Gasteiger partial charge in [0.25, 0.3) is 0 Å². The van der Waals surface area contributed by atoms with E-state index < -0.39 is 5.60 Å². The number of fused-ring (bicyclic) bond motifs is 2. The molecule has 2 atom stereocenters. The van der Waals surface area contributed by atoms with Crippen LogP contribution in [0, 0.1) is 0 Å². The minimum absolute atomic E-state index is 0.138. The van der Waals surface area contributed by atoms with Crippen LogP contribution < -0.4 is 0 Å². The molecule has 5 heteroatoms. The van der Waals surface area contributed by atoms with Crippen LogP contribution in [0.4, 0.5) is 4.79 Å². The fourth-order valence-corrected chi connectivity index (χ4v) is 3.41. The highest BCUT2D eigenvalue weighted by atomic mass is 16.6. The molecule has 2 aliphatic rings. The van der Waals surface area contributed by atoms with Gasteiger partial charge in [-0.05, 0) is 58.1 Å². The second kappa shape index (κ2) is 5.45. The van der Waals surface area contributed by atoms with Crippen LogP contribution in [0.2, 0.25) is 0 Å². The first-order valence-corrected chi connectivity index (χ1v) is 8.05. The van der Waals surface area contributed by atoms with Crippen LogP contribution >= 0.6 is 0 Å². The first kappa shape index (κ1) is 15.1. The molecule has 0 N–H and O–H groups in total. The number of amides is 1. The van der Waals surface area contributed by atoms with E-state index in [1.54, 1.807) is 0 Å². The van der Waals surface area contributed by atoms with E-state index in [2.05, 4.69) is 11.2 Å². The van der Waals surface area contributed by atoms with Crippen molar-refractivity contribution >= 4 is 11.7 Å². The van der Waals surface area contributed by atoms with Crippen molar-refractivity contribution in [3.63, 3.8) is 0 Å². The lowest BCUT2D eigenvalue weighted by molar-refractivity contribution is 0.0000647. The van der Waals surface area contributed by atoms with Crippen molar-refractivity contribution < 1.29 is 9.53 Å². The molecular formula is C17H25N3O2. The number of carbonyl (C=O) groups is 1. The maximum atomic E-state index is 12.5. The van der Waals surface area contributed by atoms with Gasteiger partial charge in [0.05, 0.1) is 11.7 Å². The summed E-state index contributed by atoms with van der Waals surface area (Å²) in [7, 11) is 1.93. The van der Waals surface area contributed by atoms with Crippen LogP contribution in [0.25, 0.3) is 5.57 Å². The van der Waals surface area contributed by atoms with Gasteiger partial charge in [0.2, 0.25) is 0 Å². The highest BCUT2D eigenvalue weighted by Crippen LogP contribution is 2.37. The van der Waals surface area contributed by atoms with Gasteiger partial charge in [0, 0.05) is 19.3 Å². The van der Waals surface area contributed by atoms with Gasteiger partial charge in [-0.15, -0.1) is 0 Å². The molecule has 5 nitrogen and oxygen atoms in total. The fourth-order valence-electron chi connectivity index (χ4n) is 3.41. The maximum Gasteiger partial charge on any atom is 0.411 e. The number of aryl methyl sites for hydroxylation is 1. The molecule has 120 valence electrons. The van der Waals surface area contributed by atoms with Crippen molar-refractivity contribution in [2.45, 2.75) is 64.1 Å². The van der Waals surface area contributed by atoms with Gasteiger partial charge < -0.3 is 4.74 Å². The third-order valence-corrected chi connectivity index (χ3v) is 4.28. The molecule has 0 aromatic carbocycles. The molecule has 0 spiro atoms. The zero-order valence-electron chi connectivity index (χ0n) is 13.9. The zero-order valence-corrected chi connectivity index (χ0v) is 13.9. The molecule has 0 radical (unpaired) electrons. The monoisotopic (exact) mass is 303 g/mol. The molecule has 3 heterocycles. The summed E-state index contributed by atoms with van der Waals surface area (Å²) in [6, 6.07) is 2.42. The van der Waals surface area contributed by atoms with Crippen molar-refractivity contribution in [3.05, 3.63) is 24.0 Å². The van der Waals surface area contributed by atoms with Crippen LogP contribution in [0.1, 0.15) is 52.1 Å². The lowest BCUT2D eigenvalue weighted by Crippen LogP contribution is -2.53. The molecule has 3 rings (SSSR count). The average Bonchev–Trinajstić information content (AvgIpc) is 2.81. The highest BCUT2D eigenvalue weighted by molar-refractivity contribution is 5.73. The minimum Gasteiger partial charge on any atom is -0.444 e. The predicted molar refractivity (Wildman–Crippen MR) is 85.3 cm³/mol. The summed E-state index contributed by atoms with van der Waals surface area (Å²) in [6.45, 7) is 5.75. The summed E-state index contributed by atoms with van der Waals surface area (Å²) >= 11 is 0. The lowest BCUT2D eigenvalue weighted by atomic mass is 9.84. The molecule has 2 bridgehead atoms. The van der Waals surface area contributed by atoms with Gasteiger partial charge in [-0.25, -0.2) is 4.79 Å². The topological polar surface area (TPSA) is 47.4 Å². The van der Waals surface area contributed by atoms with E-state index in [0.717, 1.165) is 25.0 Å². The van der Waals surface area contributed by atoms with Crippen LogP contribution in [-0.4, -0.2) is 38.5 Å². The van der Waals surface area contributed by atoms with Crippen molar-refractivity contribution in [3.8, 4) is 0 Å². The van der Waals surface area contributed by atoms with Gasteiger partial charge in [-0.1, -0.05) is 6.08 Å². The standard InChI is InChI=1S/C17H25N3O2/c1-17(2,3)22-16(21)20-13-6-5-7-14(20)11-12(10-13)15-8-9-19(4)18-15/h8-10,13-14H,5-7,11H2,1-4H3. The Bertz CT molecular complexity index is 597. The number of ether oxygens (including phenoxy) is 1. The Labute approximate surface area is 131 Å².